The van der Waals surface area contributed by atoms with Gasteiger partial charge in [-0.3, -0.25) is 14.5 Å². The minimum atomic E-state index is -0.916. The van der Waals surface area contributed by atoms with E-state index in [9.17, 15) is 19.5 Å². The summed E-state index contributed by atoms with van der Waals surface area (Å²) in [5.41, 5.74) is 5.60. The van der Waals surface area contributed by atoms with E-state index in [0.29, 0.717) is 35.7 Å². The molecule has 0 spiro atoms. The third kappa shape index (κ3) is 5.58. The molecule has 2 aliphatic rings. The Bertz CT molecular complexity index is 1610. The van der Waals surface area contributed by atoms with Crippen molar-refractivity contribution in [2.24, 2.45) is 5.92 Å². The van der Waals surface area contributed by atoms with Gasteiger partial charge in [-0.15, -0.1) is 0 Å². The molecule has 1 aliphatic heterocycles. The lowest BCUT2D eigenvalue weighted by Gasteiger charge is -2.40. The molecule has 3 unspecified atom stereocenters. The molecular formula is C35H40N2O5. The lowest BCUT2D eigenvalue weighted by molar-refractivity contribution is -0.115. The zero-order chi connectivity index (χ0) is 30.1. The van der Waals surface area contributed by atoms with Crippen LogP contribution >= 0.6 is 0 Å². The van der Waals surface area contributed by atoms with Gasteiger partial charge in [-0.05, 0) is 89.4 Å². The number of nitrogens with zero attached hydrogens (tertiary/aromatic N) is 2. The molecule has 0 radical (unpaired) electrons. The summed E-state index contributed by atoms with van der Waals surface area (Å²) in [6.45, 7) is 7.08. The third-order valence-electron chi connectivity index (χ3n) is 9.23. The third-order valence-corrected chi connectivity index (χ3v) is 9.23. The summed E-state index contributed by atoms with van der Waals surface area (Å²) in [5, 5.41) is 10.5. The number of aromatic nitrogens is 1. The summed E-state index contributed by atoms with van der Waals surface area (Å²) in [4.78, 5) is 40.5. The molecule has 7 nitrogen and oxygen atoms in total. The standard InChI is InChI=1S/C35H40N2O5/c1-21-17-32(39)28(33(18-21)42-5)13-14-31(38)34-23(3)37(29-12-7-6-11-27(29)34)22(2)24-15-16-36(4)30(20-24)25-9-8-10-26(19-25)35(40)41/h6-12,18-19,22,24,30H,13-17,20H2,1-5H3,(H,40,41). The molecule has 0 amide bonds. The van der Waals surface area contributed by atoms with Crippen molar-refractivity contribution < 1.29 is 24.2 Å². The minimum absolute atomic E-state index is 0.0261. The maximum atomic E-state index is 13.8. The van der Waals surface area contributed by atoms with Gasteiger partial charge in [0.2, 0.25) is 0 Å². The first-order valence-corrected chi connectivity index (χ1v) is 14.7. The minimum Gasteiger partial charge on any atom is -0.496 e. The van der Waals surface area contributed by atoms with E-state index >= 15 is 0 Å². The number of Topliss-reactive ketones (excluding diaryl/α,β-unsaturated/α-hetero) is 2. The predicted molar refractivity (Wildman–Crippen MR) is 164 cm³/mol. The summed E-state index contributed by atoms with van der Waals surface area (Å²) in [7, 11) is 3.67. The SMILES string of the molecule is COC1=C(CCC(=O)c2c(C)n(C(C)C3CCN(C)C(c4cccc(C(=O)O)c4)C3)c3ccccc23)C(=O)CC(C)=C1. The number of fused-ring (bicyclic) bond motifs is 1. The molecular weight excluding hydrogens is 528 g/mol. The average molecular weight is 569 g/mol. The molecule has 5 rings (SSSR count). The maximum absolute atomic E-state index is 13.8. The Morgan fingerprint density at radius 2 is 1.88 bits per heavy atom. The number of ether oxygens (including phenoxy) is 1. The van der Waals surface area contributed by atoms with Crippen LogP contribution in [-0.2, 0) is 9.53 Å². The topological polar surface area (TPSA) is 88.8 Å². The second-order valence-corrected chi connectivity index (χ2v) is 11.9. The molecule has 2 heterocycles. The van der Waals surface area contributed by atoms with Crippen LogP contribution in [0.4, 0.5) is 0 Å². The number of aromatic carboxylic acids is 1. The number of carboxylic acids is 1. The number of hydrogen-bond acceptors (Lipinski definition) is 5. The number of allylic oxidation sites excluding steroid dienone is 3. The van der Waals surface area contributed by atoms with Crippen LogP contribution < -0.4 is 0 Å². The Hall–Kier alpha value is -3.97. The van der Waals surface area contributed by atoms with Gasteiger partial charge in [0.15, 0.2) is 11.6 Å². The maximum Gasteiger partial charge on any atom is 0.335 e. The van der Waals surface area contributed by atoms with Crippen molar-refractivity contribution in [2.45, 2.75) is 65.0 Å². The molecule has 1 aromatic heterocycles. The molecule has 1 fully saturated rings. The predicted octanol–water partition coefficient (Wildman–Crippen LogP) is 7.07. The van der Waals surface area contributed by atoms with Crippen LogP contribution in [0.25, 0.3) is 10.9 Å². The number of piperidine rings is 1. The highest BCUT2D eigenvalue weighted by molar-refractivity contribution is 6.10. The summed E-state index contributed by atoms with van der Waals surface area (Å²) < 4.78 is 7.80. The number of carboxylic acid groups (broad SMARTS) is 1. The summed E-state index contributed by atoms with van der Waals surface area (Å²) in [5.74, 6) is 0.0408. The highest BCUT2D eigenvalue weighted by Gasteiger charge is 2.33. The average Bonchev–Trinajstić information content (AvgIpc) is 3.27. The van der Waals surface area contributed by atoms with Crippen LogP contribution in [0.1, 0.15) is 90.0 Å². The number of ketones is 2. The first-order valence-electron chi connectivity index (χ1n) is 14.7. The fraction of sp³-hybridized carbons (Fsp3) is 0.400. The molecule has 0 saturated carbocycles. The molecule has 1 saturated heterocycles. The Balaban J connectivity index is 1.43. The van der Waals surface area contributed by atoms with Crippen molar-refractivity contribution >= 4 is 28.4 Å². The van der Waals surface area contributed by atoms with Crippen LogP contribution in [0, 0.1) is 12.8 Å². The molecule has 7 heteroatoms. The van der Waals surface area contributed by atoms with Gasteiger partial charge >= 0.3 is 5.97 Å². The Morgan fingerprint density at radius 3 is 2.62 bits per heavy atom. The second-order valence-electron chi connectivity index (χ2n) is 11.9. The molecule has 42 heavy (non-hydrogen) atoms. The number of carbonyl (C=O) groups excluding carboxylic acids is 2. The normalized spacial score (nSPS) is 20.5. The fourth-order valence-corrected chi connectivity index (χ4v) is 6.96. The molecule has 0 bridgehead atoms. The van der Waals surface area contributed by atoms with Crippen molar-refractivity contribution in [1.82, 2.24) is 9.47 Å². The molecule has 1 aliphatic carbocycles. The quantitative estimate of drug-likeness (QED) is 0.278. The molecule has 3 atom stereocenters. The van der Waals surface area contributed by atoms with E-state index < -0.39 is 5.97 Å². The Labute approximate surface area is 247 Å². The van der Waals surface area contributed by atoms with Crippen LogP contribution in [0.5, 0.6) is 0 Å². The van der Waals surface area contributed by atoms with Crippen molar-refractivity contribution in [3.8, 4) is 0 Å². The number of benzene rings is 2. The van der Waals surface area contributed by atoms with E-state index in [1.165, 1.54) is 0 Å². The van der Waals surface area contributed by atoms with E-state index in [2.05, 4.69) is 29.5 Å². The van der Waals surface area contributed by atoms with Gasteiger partial charge in [-0.2, -0.15) is 0 Å². The zero-order valence-corrected chi connectivity index (χ0v) is 25.1. The van der Waals surface area contributed by atoms with Gasteiger partial charge in [0, 0.05) is 52.7 Å². The van der Waals surface area contributed by atoms with E-state index in [1.807, 2.05) is 50.3 Å². The number of methoxy groups -OCH3 is 1. The number of para-hydroxylation sites is 1. The van der Waals surface area contributed by atoms with Crippen molar-refractivity contribution in [2.75, 3.05) is 20.7 Å². The fourth-order valence-electron chi connectivity index (χ4n) is 6.96. The van der Waals surface area contributed by atoms with Crippen LogP contribution in [0.15, 0.2) is 71.5 Å². The van der Waals surface area contributed by atoms with Crippen LogP contribution in [-0.4, -0.2) is 52.8 Å². The highest BCUT2D eigenvalue weighted by Crippen LogP contribution is 2.41. The van der Waals surface area contributed by atoms with E-state index in [0.717, 1.165) is 52.7 Å². The van der Waals surface area contributed by atoms with Crippen molar-refractivity contribution in [3.63, 3.8) is 0 Å². The molecule has 1 N–H and O–H groups in total. The first-order chi connectivity index (χ1) is 20.1. The number of rotatable bonds is 9. The van der Waals surface area contributed by atoms with Gasteiger partial charge in [-0.1, -0.05) is 35.9 Å². The van der Waals surface area contributed by atoms with Crippen LogP contribution in [0.3, 0.4) is 0 Å². The van der Waals surface area contributed by atoms with E-state index in [4.69, 9.17) is 4.74 Å². The Kier molecular flexibility index (Phi) is 8.50. The molecule has 220 valence electrons. The monoisotopic (exact) mass is 568 g/mol. The lowest BCUT2D eigenvalue weighted by atomic mass is 9.83. The van der Waals surface area contributed by atoms with Gasteiger partial charge in [0.1, 0.15) is 5.76 Å². The first kappa shape index (κ1) is 29.5. The number of hydrogen-bond donors (Lipinski definition) is 1. The largest absolute Gasteiger partial charge is 0.496 e. The molecule has 3 aromatic rings. The van der Waals surface area contributed by atoms with Crippen molar-refractivity contribution in [1.29, 1.82) is 0 Å². The number of likely N-dealkylation sites (tertiary alicyclic amines) is 1. The van der Waals surface area contributed by atoms with Gasteiger partial charge in [0.05, 0.1) is 12.7 Å². The summed E-state index contributed by atoms with van der Waals surface area (Å²) >= 11 is 0. The molecule has 2 aromatic carbocycles. The Morgan fingerprint density at radius 1 is 1.12 bits per heavy atom. The van der Waals surface area contributed by atoms with Gasteiger partial charge in [-0.25, -0.2) is 4.79 Å². The second kappa shape index (κ2) is 12.1. The van der Waals surface area contributed by atoms with Crippen LogP contribution in [0.2, 0.25) is 0 Å². The summed E-state index contributed by atoms with van der Waals surface area (Å²) in [6.07, 6.45) is 4.74. The smallest absolute Gasteiger partial charge is 0.335 e. The zero-order valence-electron chi connectivity index (χ0n) is 25.1. The van der Waals surface area contributed by atoms with E-state index in [-0.39, 0.29) is 30.1 Å². The van der Waals surface area contributed by atoms with Crippen molar-refractivity contribution in [3.05, 3.63) is 93.9 Å². The summed E-state index contributed by atoms with van der Waals surface area (Å²) in [6, 6.07) is 15.6. The van der Waals surface area contributed by atoms with E-state index in [1.54, 1.807) is 19.2 Å². The number of carbonyl (C=O) groups is 3. The van der Waals surface area contributed by atoms with Gasteiger partial charge < -0.3 is 14.4 Å². The lowest BCUT2D eigenvalue weighted by Crippen LogP contribution is -2.36. The highest BCUT2D eigenvalue weighted by atomic mass is 16.5. The van der Waals surface area contributed by atoms with Gasteiger partial charge in [0.25, 0.3) is 0 Å².